The molecule has 0 saturated carbocycles. The first-order valence-corrected chi connectivity index (χ1v) is 3.19. The van der Waals surface area contributed by atoms with Crippen LogP contribution in [0, 0.1) is 6.92 Å². The van der Waals surface area contributed by atoms with E-state index >= 15 is 0 Å². The van der Waals surface area contributed by atoms with E-state index in [1.165, 1.54) is 0 Å². The molecule has 1 aromatic heterocycles. The topological polar surface area (TPSA) is 60.9 Å². The predicted octanol–water partition coefficient (Wildman–Crippen LogP) is 0.122. The Kier molecular flexibility index (Phi) is 2.28. The smallest absolute Gasteiger partial charge is 0.123 e. The van der Waals surface area contributed by atoms with Gasteiger partial charge in [-0.05, 0) is 6.92 Å². The zero-order valence-corrected chi connectivity index (χ0v) is 5.89. The first-order valence-electron chi connectivity index (χ1n) is 3.19. The molecule has 4 nitrogen and oxygen atoms in total. The number of imidazole rings is 1. The number of anilines is 1. The molecule has 0 aliphatic carbocycles. The van der Waals surface area contributed by atoms with E-state index in [0.29, 0.717) is 6.54 Å². The van der Waals surface area contributed by atoms with Crippen LogP contribution in [0.4, 0.5) is 5.82 Å². The highest BCUT2D eigenvalue weighted by Gasteiger charge is 1.92. The molecule has 0 amide bonds. The van der Waals surface area contributed by atoms with E-state index in [2.05, 4.69) is 15.3 Å². The van der Waals surface area contributed by atoms with Gasteiger partial charge >= 0.3 is 0 Å². The largest absolute Gasteiger partial charge is 0.395 e. The summed E-state index contributed by atoms with van der Waals surface area (Å²) in [7, 11) is 0. The Morgan fingerprint density at radius 2 is 2.60 bits per heavy atom. The second kappa shape index (κ2) is 3.22. The lowest BCUT2D eigenvalue weighted by Gasteiger charge is -1.97. The van der Waals surface area contributed by atoms with Gasteiger partial charge in [0.25, 0.3) is 0 Å². The molecule has 0 radical (unpaired) electrons. The normalized spacial score (nSPS) is 9.80. The Bertz CT molecular complexity index is 197. The van der Waals surface area contributed by atoms with Crippen molar-refractivity contribution in [1.82, 2.24) is 9.97 Å². The Labute approximate surface area is 59.3 Å². The van der Waals surface area contributed by atoms with E-state index in [1.54, 1.807) is 6.20 Å². The van der Waals surface area contributed by atoms with Crippen LogP contribution in [0.3, 0.4) is 0 Å². The van der Waals surface area contributed by atoms with Gasteiger partial charge in [-0.25, -0.2) is 4.98 Å². The van der Waals surface area contributed by atoms with Crippen LogP contribution >= 0.6 is 0 Å². The standard InChI is InChI=1S/C6H11N3O/c1-5-8-4-6(9-5)7-2-3-10/h4,7,10H,2-3H2,1H3,(H,8,9). The average molecular weight is 141 g/mol. The zero-order chi connectivity index (χ0) is 7.40. The molecule has 0 aliphatic rings. The van der Waals surface area contributed by atoms with E-state index < -0.39 is 0 Å². The summed E-state index contributed by atoms with van der Waals surface area (Å²) in [5.74, 6) is 1.73. The monoisotopic (exact) mass is 141 g/mol. The third-order valence-electron chi connectivity index (χ3n) is 1.13. The van der Waals surface area contributed by atoms with Crippen LogP contribution < -0.4 is 5.32 Å². The molecule has 1 aromatic rings. The van der Waals surface area contributed by atoms with Gasteiger partial charge in [-0.3, -0.25) is 0 Å². The Morgan fingerprint density at radius 1 is 1.80 bits per heavy atom. The molecule has 3 N–H and O–H groups in total. The highest BCUT2D eigenvalue weighted by atomic mass is 16.3. The Balaban J connectivity index is 2.42. The molecular weight excluding hydrogens is 130 g/mol. The van der Waals surface area contributed by atoms with E-state index in [4.69, 9.17) is 5.11 Å². The molecule has 4 heteroatoms. The maximum Gasteiger partial charge on any atom is 0.123 e. The fourth-order valence-corrected chi connectivity index (χ4v) is 0.701. The number of H-pyrrole nitrogens is 1. The van der Waals surface area contributed by atoms with E-state index in [9.17, 15) is 0 Å². The van der Waals surface area contributed by atoms with Crippen LogP contribution in [-0.4, -0.2) is 28.2 Å². The van der Waals surface area contributed by atoms with Gasteiger partial charge in [0.05, 0.1) is 12.8 Å². The van der Waals surface area contributed by atoms with Gasteiger partial charge in [0.15, 0.2) is 0 Å². The summed E-state index contributed by atoms with van der Waals surface area (Å²) in [6, 6.07) is 0. The van der Waals surface area contributed by atoms with Crippen molar-refractivity contribution in [3.05, 3.63) is 12.0 Å². The van der Waals surface area contributed by atoms with Gasteiger partial charge in [0.2, 0.25) is 0 Å². The van der Waals surface area contributed by atoms with E-state index in [1.807, 2.05) is 6.92 Å². The molecule has 56 valence electrons. The van der Waals surface area contributed by atoms with Crippen molar-refractivity contribution in [2.45, 2.75) is 6.92 Å². The summed E-state index contributed by atoms with van der Waals surface area (Å²) in [5, 5.41) is 11.4. The summed E-state index contributed by atoms with van der Waals surface area (Å²) in [6.07, 6.45) is 1.70. The molecule has 10 heavy (non-hydrogen) atoms. The summed E-state index contributed by atoms with van der Waals surface area (Å²) >= 11 is 0. The number of hydrogen-bond acceptors (Lipinski definition) is 3. The van der Waals surface area contributed by atoms with Crippen LogP contribution in [0.25, 0.3) is 0 Å². The minimum Gasteiger partial charge on any atom is -0.395 e. The van der Waals surface area contributed by atoms with Gasteiger partial charge in [0.1, 0.15) is 11.6 Å². The number of nitrogens with one attached hydrogen (secondary N) is 2. The molecule has 0 atom stereocenters. The maximum atomic E-state index is 8.44. The van der Waals surface area contributed by atoms with E-state index in [-0.39, 0.29) is 6.61 Å². The highest BCUT2D eigenvalue weighted by molar-refractivity contribution is 5.31. The number of nitrogens with zero attached hydrogens (tertiary/aromatic N) is 1. The molecule has 0 saturated heterocycles. The second-order valence-corrected chi connectivity index (χ2v) is 2.03. The fraction of sp³-hybridized carbons (Fsp3) is 0.500. The first kappa shape index (κ1) is 7.08. The molecule has 0 fully saturated rings. The maximum absolute atomic E-state index is 8.44. The summed E-state index contributed by atoms with van der Waals surface area (Å²) < 4.78 is 0. The number of rotatable bonds is 3. The molecule has 1 rings (SSSR count). The van der Waals surface area contributed by atoms with Crippen LogP contribution in [0.2, 0.25) is 0 Å². The van der Waals surface area contributed by atoms with Gasteiger partial charge < -0.3 is 15.4 Å². The number of aromatic amines is 1. The highest BCUT2D eigenvalue weighted by Crippen LogP contribution is 1.99. The van der Waals surface area contributed by atoms with Gasteiger partial charge in [-0.15, -0.1) is 0 Å². The first-order chi connectivity index (χ1) is 4.83. The Morgan fingerprint density at radius 3 is 3.10 bits per heavy atom. The van der Waals surface area contributed by atoms with Crippen LogP contribution in [0.15, 0.2) is 6.20 Å². The van der Waals surface area contributed by atoms with Gasteiger partial charge in [-0.2, -0.15) is 0 Å². The van der Waals surface area contributed by atoms with Crippen molar-refractivity contribution in [2.75, 3.05) is 18.5 Å². The van der Waals surface area contributed by atoms with Crippen LogP contribution in [-0.2, 0) is 0 Å². The van der Waals surface area contributed by atoms with Crippen molar-refractivity contribution < 1.29 is 5.11 Å². The third kappa shape index (κ3) is 1.73. The molecule has 1 heterocycles. The van der Waals surface area contributed by atoms with Crippen LogP contribution in [0.5, 0.6) is 0 Å². The molecule has 0 unspecified atom stereocenters. The van der Waals surface area contributed by atoms with Crippen molar-refractivity contribution >= 4 is 5.82 Å². The SMILES string of the molecule is Cc1ncc(NCCO)[nH]1. The number of aromatic nitrogens is 2. The van der Waals surface area contributed by atoms with Gasteiger partial charge in [0, 0.05) is 6.54 Å². The third-order valence-corrected chi connectivity index (χ3v) is 1.13. The number of aliphatic hydroxyl groups excluding tert-OH is 1. The molecule has 0 spiro atoms. The number of aliphatic hydroxyl groups is 1. The molecule has 0 aromatic carbocycles. The van der Waals surface area contributed by atoms with Crippen molar-refractivity contribution in [3.8, 4) is 0 Å². The van der Waals surface area contributed by atoms with E-state index in [0.717, 1.165) is 11.6 Å². The minimum absolute atomic E-state index is 0.137. The zero-order valence-electron chi connectivity index (χ0n) is 5.89. The lowest BCUT2D eigenvalue weighted by Crippen LogP contribution is -2.05. The quantitative estimate of drug-likeness (QED) is 0.560. The number of aryl methyl sites for hydroxylation is 1. The lowest BCUT2D eigenvalue weighted by atomic mass is 10.6. The average Bonchev–Trinajstić information content (AvgIpc) is 2.31. The van der Waals surface area contributed by atoms with Crippen molar-refractivity contribution in [2.24, 2.45) is 0 Å². The van der Waals surface area contributed by atoms with Crippen molar-refractivity contribution in [1.29, 1.82) is 0 Å². The Hall–Kier alpha value is -1.03. The summed E-state index contributed by atoms with van der Waals surface area (Å²) in [6.45, 7) is 2.57. The molecule has 0 bridgehead atoms. The second-order valence-electron chi connectivity index (χ2n) is 2.03. The lowest BCUT2D eigenvalue weighted by molar-refractivity contribution is 0.311. The summed E-state index contributed by atoms with van der Waals surface area (Å²) in [4.78, 5) is 6.95. The van der Waals surface area contributed by atoms with Crippen LogP contribution in [0.1, 0.15) is 5.82 Å². The number of hydrogen-bond donors (Lipinski definition) is 3. The predicted molar refractivity (Wildman–Crippen MR) is 38.9 cm³/mol. The van der Waals surface area contributed by atoms with Crippen molar-refractivity contribution in [3.63, 3.8) is 0 Å². The summed E-state index contributed by atoms with van der Waals surface area (Å²) in [5.41, 5.74) is 0. The fourth-order valence-electron chi connectivity index (χ4n) is 0.701. The van der Waals surface area contributed by atoms with Gasteiger partial charge in [-0.1, -0.05) is 0 Å². The minimum atomic E-state index is 0.137. The molecular formula is C6H11N3O. The molecule has 0 aliphatic heterocycles.